The lowest BCUT2D eigenvalue weighted by molar-refractivity contribution is 0.950. The van der Waals surface area contributed by atoms with E-state index in [2.05, 4.69) is 37.3 Å². The third-order valence-corrected chi connectivity index (χ3v) is 4.79. The molecule has 0 fully saturated rings. The number of thiophene rings is 1. The molecule has 0 saturated carbocycles. The average molecular weight is 301 g/mol. The SMILES string of the molecule is Cc1cnc(SCc2sccc2Br)nc1. The van der Waals surface area contributed by atoms with Crippen LogP contribution in [0.4, 0.5) is 0 Å². The molecule has 0 unspecified atom stereocenters. The van der Waals surface area contributed by atoms with E-state index in [1.165, 1.54) is 9.35 Å². The molecule has 2 rings (SSSR count). The summed E-state index contributed by atoms with van der Waals surface area (Å²) in [4.78, 5) is 9.82. The van der Waals surface area contributed by atoms with Gasteiger partial charge in [-0.05, 0) is 39.9 Å². The number of nitrogens with zero attached hydrogens (tertiary/aromatic N) is 2. The van der Waals surface area contributed by atoms with E-state index in [0.717, 1.165) is 16.5 Å². The van der Waals surface area contributed by atoms with Crippen molar-refractivity contribution in [2.75, 3.05) is 0 Å². The van der Waals surface area contributed by atoms with Crippen molar-refractivity contribution >= 4 is 39.0 Å². The molecule has 0 N–H and O–H groups in total. The monoisotopic (exact) mass is 300 g/mol. The van der Waals surface area contributed by atoms with E-state index in [0.29, 0.717) is 0 Å². The second-order valence-corrected chi connectivity index (χ2v) is 5.82. The molecule has 0 atom stereocenters. The normalized spacial score (nSPS) is 10.5. The summed E-state index contributed by atoms with van der Waals surface area (Å²) in [6.45, 7) is 1.99. The molecule has 5 heteroatoms. The zero-order valence-electron chi connectivity index (χ0n) is 8.11. The van der Waals surface area contributed by atoms with Crippen LogP contribution in [-0.2, 0) is 5.75 Å². The van der Waals surface area contributed by atoms with Crippen LogP contribution >= 0.6 is 39.0 Å². The molecule has 2 heterocycles. The lowest BCUT2D eigenvalue weighted by atomic mass is 10.4. The summed E-state index contributed by atoms with van der Waals surface area (Å²) in [6.07, 6.45) is 3.69. The molecule has 2 aromatic rings. The van der Waals surface area contributed by atoms with Gasteiger partial charge in [-0.25, -0.2) is 9.97 Å². The van der Waals surface area contributed by atoms with Gasteiger partial charge in [0.1, 0.15) is 0 Å². The number of hydrogen-bond acceptors (Lipinski definition) is 4. The quantitative estimate of drug-likeness (QED) is 0.635. The number of aryl methyl sites for hydroxylation is 1. The molecule has 78 valence electrons. The number of rotatable bonds is 3. The molecule has 0 radical (unpaired) electrons. The van der Waals surface area contributed by atoms with Gasteiger partial charge in [-0.3, -0.25) is 0 Å². The second kappa shape index (κ2) is 5.09. The Morgan fingerprint density at radius 3 is 2.73 bits per heavy atom. The predicted molar refractivity (Wildman–Crippen MR) is 68.3 cm³/mol. The fourth-order valence-electron chi connectivity index (χ4n) is 1.01. The van der Waals surface area contributed by atoms with Gasteiger partial charge in [-0.2, -0.15) is 0 Å². The second-order valence-electron chi connectivity index (χ2n) is 3.02. The van der Waals surface area contributed by atoms with Crippen molar-refractivity contribution in [3.63, 3.8) is 0 Å². The molecular formula is C10H9BrN2S2. The Hall–Kier alpha value is -0.390. The summed E-state index contributed by atoms with van der Waals surface area (Å²) in [5.41, 5.74) is 1.09. The Kier molecular flexibility index (Phi) is 3.77. The zero-order valence-corrected chi connectivity index (χ0v) is 11.3. The summed E-state index contributed by atoms with van der Waals surface area (Å²) in [6, 6.07) is 2.07. The molecular weight excluding hydrogens is 292 g/mol. The number of hydrogen-bond donors (Lipinski definition) is 0. The van der Waals surface area contributed by atoms with Crippen molar-refractivity contribution in [2.24, 2.45) is 0 Å². The van der Waals surface area contributed by atoms with Crippen LogP contribution in [0, 0.1) is 6.92 Å². The fraction of sp³-hybridized carbons (Fsp3) is 0.200. The third kappa shape index (κ3) is 3.03. The van der Waals surface area contributed by atoms with Gasteiger partial charge in [0, 0.05) is 27.5 Å². The Morgan fingerprint density at radius 1 is 1.40 bits per heavy atom. The van der Waals surface area contributed by atoms with Crippen molar-refractivity contribution in [1.82, 2.24) is 9.97 Å². The molecule has 0 aliphatic rings. The highest BCUT2D eigenvalue weighted by Gasteiger charge is 2.03. The standard InChI is InChI=1S/C10H9BrN2S2/c1-7-4-12-10(13-5-7)15-6-9-8(11)2-3-14-9/h2-5H,6H2,1H3. The van der Waals surface area contributed by atoms with Gasteiger partial charge in [-0.15, -0.1) is 11.3 Å². The van der Waals surface area contributed by atoms with Crippen molar-refractivity contribution in [3.8, 4) is 0 Å². The van der Waals surface area contributed by atoms with Crippen LogP contribution in [0.5, 0.6) is 0 Å². The Morgan fingerprint density at radius 2 is 2.13 bits per heavy atom. The van der Waals surface area contributed by atoms with Crippen LogP contribution in [0.25, 0.3) is 0 Å². The fourth-order valence-corrected chi connectivity index (χ4v) is 3.59. The predicted octanol–water partition coefficient (Wildman–Crippen LogP) is 3.90. The molecule has 15 heavy (non-hydrogen) atoms. The van der Waals surface area contributed by atoms with Gasteiger partial charge in [-0.1, -0.05) is 11.8 Å². The summed E-state index contributed by atoms with van der Waals surface area (Å²) < 4.78 is 1.17. The first kappa shape index (κ1) is 11.1. The largest absolute Gasteiger partial charge is 0.231 e. The van der Waals surface area contributed by atoms with Gasteiger partial charge < -0.3 is 0 Å². The van der Waals surface area contributed by atoms with Crippen LogP contribution in [-0.4, -0.2) is 9.97 Å². The molecule has 0 spiro atoms. The van der Waals surface area contributed by atoms with Gasteiger partial charge in [0.05, 0.1) is 0 Å². The molecule has 2 nitrogen and oxygen atoms in total. The van der Waals surface area contributed by atoms with E-state index in [4.69, 9.17) is 0 Å². The van der Waals surface area contributed by atoms with E-state index in [-0.39, 0.29) is 0 Å². The maximum absolute atomic E-state index is 4.25. The van der Waals surface area contributed by atoms with E-state index >= 15 is 0 Å². The van der Waals surface area contributed by atoms with Gasteiger partial charge in [0.15, 0.2) is 5.16 Å². The van der Waals surface area contributed by atoms with Crippen molar-refractivity contribution in [3.05, 3.63) is 38.8 Å². The molecule has 2 aromatic heterocycles. The van der Waals surface area contributed by atoms with Crippen molar-refractivity contribution in [1.29, 1.82) is 0 Å². The number of aromatic nitrogens is 2. The minimum absolute atomic E-state index is 0.834. The smallest absolute Gasteiger partial charge is 0.187 e. The van der Waals surface area contributed by atoms with Gasteiger partial charge in [0.25, 0.3) is 0 Å². The Labute approximate surface area is 105 Å². The first-order valence-corrected chi connectivity index (χ1v) is 7.05. The Bertz CT molecular complexity index is 439. The zero-order chi connectivity index (χ0) is 10.7. The van der Waals surface area contributed by atoms with E-state index < -0.39 is 0 Å². The minimum Gasteiger partial charge on any atom is -0.231 e. The van der Waals surface area contributed by atoms with E-state index in [1.807, 2.05) is 19.3 Å². The first-order valence-electron chi connectivity index (χ1n) is 4.39. The van der Waals surface area contributed by atoms with Crippen LogP contribution in [0.15, 0.2) is 33.5 Å². The van der Waals surface area contributed by atoms with Gasteiger partial charge in [0.2, 0.25) is 0 Å². The first-order chi connectivity index (χ1) is 7.25. The summed E-state index contributed by atoms with van der Waals surface area (Å²) in [5.74, 6) is 0.918. The number of halogens is 1. The molecule has 0 bridgehead atoms. The van der Waals surface area contributed by atoms with Crippen molar-refractivity contribution in [2.45, 2.75) is 17.8 Å². The van der Waals surface area contributed by atoms with Crippen LogP contribution in [0.2, 0.25) is 0 Å². The summed E-state index contributed by atoms with van der Waals surface area (Å²) in [5, 5.41) is 2.91. The van der Waals surface area contributed by atoms with Crippen LogP contribution in [0.3, 0.4) is 0 Å². The highest BCUT2D eigenvalue weighted by molar-refractivity contribution is 9.10. The molecule has 0 amide bonds. The molecule has 0 aliphatic carbocycles. The number of thioether (sulfide) groups is 1. The highest BCUT2D eigenvalue weighted by atomic mass is 79.9. The summed E-state index contributed by atoms with van der Waals surface area (Å²) in [7, 11) is 0. The molecule has 0 aliphatic heterocycles. The topological polar surface area (TPSA) is 25.8 Å². The highest BCUT2D eigenvalue weighted by Crippen LogP contribution is 2.28. The summed E-state index contributed by atoms with van der Waals surface area (Å²) >= 11 is 6.92. The lowest BCUT2D eigenvalue weighted by Crippen LogP contribution is -1.87. The average Bonchev–Trinajstić information content (AvgIpc) is 2.63. The van der Waals surface area contributed by atoms with E-state index in [9.17, 15) is 0 Å². The molecule has 0 aromatic carbocycles. The van der Waals surface area contributed by atoms with Gasteiger partial charge >= 0.3 is 0 Å². The minimum atomic E-state index is 0.834. The van der Waals surface area contributed by atoms with E-state index in [1.54, 1.807) is 23.1 Å². The van der Waals surface area contributed by atoms with Crippen LogP contribution < -0.4 is 0 Å². The maximum atomic E-state index is 4.25. The lowest BCUT2D eigenvalue weighted by Gasteiger charge is -1.98. The van der Waals surface area contributed by atoms with Crippen molar-refractivity contribution < 1.29 is 0 Å². The maximum Gasteiger partial charge on any atom is 0.187 e. The molecule has 0 saturated heterocycles. The third-order valence-electron chi connectivity index (χ3n) is 1.78. The van der Waals surface area contributed by atoms with Crippen LogP contribution in [0.1, 0.15) is 10.4 Å². The Balaban J connectivity index is 1.99.